The molecule has 4 N–H and O–H groups in total. The highest BCUT2D eigenvalue weighted by molar-refractivity contribution is 5.75. The molecule has 2 rings (SSSR count). The third-order valence-corrected chi connectivity index (χ3v) is 3.26. The molecule has 0 aliphatic rings. The molecule has 2 aromatic rings. The highest BCUT2D eigenvalue weighted by atomic mass is 19.1. The smallest absolute Gasteiger partial charge is 0.167 e. The van der Waals surface area contributed by atoms with Crippen molar-refractivity contribution in [2.75, 3.05) is 25.7 Å². The highest BCUT2D eigenvalue weighted by Crippen LogP contribution is 2.36. The molecule has 0 unspecified atom stereocenters. The summed E-state index contributed by atoms with van der Waals surface area (Å²) >= 11 is 0. The van der Waals surface area contributed by atoms with Crippen LogP contribution in [0.4, 0.5) is 15.8 Å². The van der Waals surface area contributed by atoms with Gasteiger partial charge in [-0.25, -0.2) is 4.39 Å². The fraction of sp³-hybridized carbons (Fsp3) is 0.176. The minimum atomic E-state index is -0.552. The number of allylic oxidation sites excluding steroid dienone is 1. The minimum absolute atomic E-state index is 0.0569. The first-order chi connectivity index (χ1) is 11.0. The van der Waals surface area contributed by atoms with Crippen molar-refractivity contribution in [3.63, 3.8) is 0 Å². The fourth-order valence-corrected chi connectivity index (χ4v) is 2.10. The molecule has 0 aliphatic carbocycles. The molecule has 0 spiro atoms. The lowest BCUT2D eigenvalue weighted by Crippen LogP contribution is -2.03. The van der Waals surface area contributed by atoms with E-state index in [9.17, 15) is 4.39 Å². The van der Waals surface area contributed by atoms with E-state index in [-0.39, 0.29) is 5.75 Å². The van der Waals surface area contributed by atoms with Crippen LogP contribution in [-0.4, -0.2) is 14.2 Å². The van der Waals surface area contributed by atoms with E-state index < -0.39 is 5.82 Å². The Morgan fingerprint density at radius 1 is 1.00 bits per heavy atom. The van der Waals surface area contributed by atoms with Gasteiger partial charge < -0.3 is 25.7 Å². The van der Waals surface area contributed by atoms with E-state index in [1.165, 1.54) is 26.4 Å². The van der Waals surface area contributed by atoms with Crippen molar-refractivity contribution in [2.24, 2.45) is 0 Å². The molecule has 23 heavy (non-hydrogen) atoms. The summed E-state index contributed by atoms with van der Waals surface area (Å²) in [5.41, 5.74) is 12.9. The van der Waals surface area contributed by atoms with Crippen molar-refractivity contribution >= 4 is 17.1 Å². The van der Waals surface area contributed by atoms with Crippen molar-refractivity contribution in [1.29, 1.82) is 0 Å². The summed E-state index contributed by atoms with van der Waals surface area (Å²) in [6.07, 6.45) is 1.69. The van der Waals surface area contributed by atoms with Gasteiger partial charge >= 0.3 is 0 Å². The molecule has 0 saturated carbocycles. The van der Waals surface area contributed by atoms with Crippen LogP contribution in [0.25, 0.3) is 5.76 Å². The number of methoxy groups -OCH3 is 2. The largest absolute Gasteiger partial charge is 0.493 e. The Morgan fingerprint density at radius 3 is 2.22 bits per heavy atom. The van der Waals surface area contributed by atoms with Gasteiger partial charge in [0.2, 0.25) is 0 Å². The minimum Gasteiger partial charge on any atom is -0.493 e. The summed E-state index contributed by atoms with van der Waals surface area (Å²) < 4.78 is 30.0. The van der Waals surface area contributed by atoms with Crippen LogP contribution in [0.3, 0.4) is 0 Å². The second kappa shape index (κ2) is 6.91. The third kappa shape index (κ3) is 3.48. The quantitative estimate of drug-likeness (QED) is 0.652. The summed E-state index contributed by atoms with van der Waals surface area (Å²) in [6, 6.07) is 7.52. The second-order valence-electron chi connectivity index (χ2n) is 4.74. The van der Waals surface area contributed by atoms with E-state index in [1.807, 2.05) is 0 Å². The zero-order valence-electron chi connectivity index (χ0n) is 13.2. The van der Waals surface area contributed by atoms with Crippen molar-refractivity contribution in [1.82, 2.24) is 0 Å². The van der Waals surface area contributed by atoms with Gasteiger partial charge in [-0.1, -0.05) is 0 Å². The van der Waals surface area contributed by atoms with Gasteiger partial charge in [0.1, 0.15) is 5.76 Å². The SMILES string of the molecule is CC=C(Oc1ccc(N)cc1F)c1cc(OC)c(OC)cc1N. The number of ether oxygens (including phenoxy) is 3. The first-order valence-corrected chi connectivity index (χ1v) is 6.91. The molecular weight excluding hydrogens is 299 g/mol. The van der Waals surface area contributed by atoms with E-state index in [2.05, 4.69) is 0 Å². The normalized spacial score (nSPS) is 11.2. The van der Waals surface area contributed by atoms with Gasteiger partial charge in [0.15, 0.2) is 23.1 Å². The number of nitrogen functional groups attached to an aromatic ring is 2. The lowest BCUT2D eigenvalue weighted by atomic mass is 10.1. The van der Waals surface area contributed by atoms with Crippen LogP contribution >= 0.6 is 0 Å². The van der Waals surface area contributed by atoms with E-state index in [4.69, 9.17) is 25.7 Å². The first kappa shape index (κ1) is 16.5. The van der Waals surface area contributed by atoms with Crippen LogP contribution in [0, 0.1) is 5.82 Å². The summed E-state index contributed by atoms with van der Waals surface area (Å²) in [7, 11) is 3.04. The fourth-order valence-electron chi connectivity index (χ4n) is 2.10. The Hall–Kier alpha value is -2.89. The van der Waals surface area contributed by atoms with E-state index in [0.717, 1.165) is 0 Å². The number of rotatable bonds is 5. The Kier molecular flexibility index (Phi) is 4.95. The number of anilines is 2. The number of hydrogen-bond acceptors (Lipinski definition) is 5. The Balaban J connectivity index is 2.42. The monoisotopic (exact) mass is 318 g/mol. The molecule has 0 aromatic heterocycles. The van der Waals surface area contributed by atoms with E-state index in [1.54, 1.807) is 31.2 Å². The van der Waals surface area contributed by atoms with Gasteiger partial charge in [0.25, 0.3) is 0 Å². The number of hydrogen-bond donors (Lipinski definition) is 2. The van der Waals surface area contributed by atoms with Crippen LogP contribution in [0.1, 0.15) is 12.5 Å². The first-order valence-electron chi connectivity index (χ1n) is 6.91. The van der Waals surface area contributed by atoms with Crippen LogP contribution in [-0.2, 0) is 0 Å². The molecule has 0 radical (unpaired) electrons. The Morgan fingerprint density at radius 2 is 1.65 bits per heavy atom. The van der Waals surface area contributed by atoms with Gasteiger partial charge in [-0.2, -0.15) is 0 Å². The van der Waals surface area contributed by atoms with Gasteiger partial charge in [0.05, 0.1) is 14.2 Å². The molecule has 6 heteroatoms. The lowest BCUT2D eigenvalue weighted by Gasteiger charge is -2.16. The number of halogens is 1. The van der Waals surface area contributed by atoms with Crippen LogP contribution in [0.15, 0.2) is 36.4 Å². The van der Waals surface area contributed by atoms with Crippen molar-refractivity contribution in [3.8, 4) is 17.2 Å². The van der Waals surface area contributed by atoms with Gasteiger partial charge in [-0.3, -0.25) is 0 Å². The number of nitrogens with two attached hydrogens (primary N) is 2. The maximum absolute atomic E-state index is 13.9. The standard InChI is InChI=1S/C17H19FN2O3/c1-4-14(23-15-6-5-10(19)7-12(15)18)11-8-16(21-2)17(22-3)9-13(11)20/h4-9H,19-20H2,1-3H3. The maximum Gasteiger partial charge on any atom is 0.167 e. The van der Waals surface area contributed by atoms with Crippen molar-refractivity contribution < 1.29 is 18.6 Å². The van der Waals surface area contributed by atoms with Crippen LogP contribution < -0.4 is 25.7 Å². The highest BCUT2D eigenvalue weighted by Gasteiger charge is 2.15. The average molecular weight is 318 g/mol. The molecule has 0 fully saturated rings. The predicted octanol–water partition coefficient (Wildman–Crippen LogP) is 3.45. The van der Waals surface area contributed by atoms with Gasteiger partial charge in [0, 0.05) is 29.1 Å². The third-order valence-electron chi connectivity index (χ3n) is 3.26. The summed E-state index contributed by atoms with van der Waals surface area (Å²) in [4.78, 5) is 0. The molecule has 0 saturated heterocycles. The second-order valence-corrected chi connectivity index (χ2v) is 4.74. The molecule has 0 amide bonds. The summed E-state index contributed by atoms with van der Waals surface area (Å²) in [5, 5.41) is 0. The average Bonchev–Trinajstić information content (AvgIpc) is 2.54. The summed E-state index contributed by atoms with van der Waals surface area (Å²) in [6.45, 7) is 1.76. The molecular formula is C17H19FN2O3. The zero-order valence-corrected chi connectivity index (χ0v) is 13.2. The molecule has 2 aromatic carbocycles. The topological polar surface area (TPSA) is 79.7 Å². The predicted molar refractivity (Wildman–Crippen MR) is 89.0 cm³/mol. The maximum atomic E-state index is 13.9. The summed E-state index contributed by atoms with van der Waals surface area (Å²) in [5.74, 6) is 0.900. The Labute approximate surface area is 134 Å². The van der Waals surface area contributed by atoms with Crippen LogP contribution in [0.5, 0.6) is 17.2 Å². The van der Waals surface area contributed by atoms with Crippen molar-refractivity contribution in [2.45, 2.75) is 6.92 Å². The molecule has 0 bridgehead atoms. The van der Waals surface area contributed by atoms with Crippen molar-refractivity contribution in [3.05, 3.63) is 47.8 Å². The van der Waals surface area contributed by atoms with Gasteiger partial charge in [-0.15, -0.1) is 0 Å². The molecule has 0 heterocycles. The van der Waals surface area contributed by atoms with Crippen LogP contribution in [0.2, 0.25) is 0 Å². The van der Waals surface area contributed by atoms with E-state index in [0.29, 0.717) is 34.2 Å². The zero-order chi connectivity index (χ0) is 17.0. The number of benzene rings is 2. The molecule has 0 aliphatic heterocycles. The molecule has 0 atom stereocenters. The molecule has 122 valence electrons. The Bertz CT molecular complexity index is 745. The lowest BCUT2D eigenvalue weighted by molar-refractivity contribution is 0.355. The van der Waals surface area contributed by atoms with Gasteiger partial charge in [-0.05, 0) is 31.2 Å². The van der Waals surface area contributed by atoms with E-state index >= 15 is 0 Å². The molecule has 5 nitrogen and oxygen atoms in total.